The minimum absolute atomic E-state index is 0.0217. The number of thiophene rings is 2. The van der Waals surface area contributed by atoms with Gasteiger partial charge in [-0.2, -0.15) is 5.10 Å². The number of carbonyl (C=O) groups excluding carboxylic acids is 2. The molecule has 0 bridgehead atoms. The number of aromatic amines is 1. The summed E-state index contributed by atoms with van der Waals surface area (Å²) in [5, 5.41) is 11.7. The lowest BCUT2D eigenvalue weighted by molar-refractivity contribution is 0.0669. The predicted octanol–water partition coefficient (Wildman–Crippen LogP) is 3.55. The molecular formula is C21H19FN6O2S2. The number of nitrogens with one attached hydrogen (secondary N) is 2. The van der Waals surface area contributed by atoms with Crippen molar-refractivity contribution >= 4 is 44.0 Å². The van der Waals surface area contributed by atoms with Gasteiger partial charge < -0.3 is 15.1 Å². The summed E-state index contributed by atoms with van der Waals surface area (Å²) in [5.74, 6) is 0.640. The van der Waals surface area contributed by atoms with Crippen molar-refractivity contribution in [2.24, 2.45) is 0 Å². The van der Waals surface area contributed by atoms with E-state index in [1.54, 1.807) is 33.3 Å². The van der Waals surface area contributed by atoms with Crippen LogP contribution < -0.4 is 5.32 Å². The van der Waals surface area contributed by atoms with E-state index >= 15 is 0 Å². The summed E-state index contributed by atoms with van der Waals surface area (Å²) >= 11 is 3.14. The molecular weight excluding hydrogens is 451 g/mol. The second-order valence-corrected chi connectivity index (χ2v) is 9.34. The molecule has 4 heterocycles. The number of hydrogen-bond donors (Lipinski definition) is 2. The van der Waals surface area contributed by atoms with Crippen LogP contribution in [0.2, 0.25) is 0 Å². The van der Waals surface area contributed by atoms with E-state index in [9.17, 15) is 14.0 Å². The Labute approximate surface area is 190 Å². The Hall–Kier alpha value is -3.31. The minimum atomic E-state index is -0.325. The number of fused-ring (bicyclic) bond motifs is 1. The van der Waals surface area contributed by atoms with Crippen LogP contribution in [0.1, 0.15) is 15.5 Å². The summed E-state index contributed by atoms with van der Waals surface area (Å²) in [6.45, 7) is 2.12. The smallest absolute Gasteiger partial charge is 0.317 e. The van der Waals surface area contributed by atoms with Gasteiger partial charge in [-0.05, 0) is 41.8 Å². The molecule has 4 aromatic rings. The molecule has 0 spiro atoms. The lowest BCUT2D eigenvalue weighted by atomic mass is 10.2. The van der Waals surface area contributed by atoms with Gasteiger partial charge in [0.05, 0.1) is 11.4 Å². The number of hydrogen-bond acceptors (Lipinski definition) is 6. The van der Waals surface area contributed by atoms with Crippen molar-refractivity contribution in [3.63, 3.8) is 0 Å². The van der Waals surface area contributed by atoms with Crippen molar-refractivity contribution in [3.05, 3.63) is 58.3 Å². The number of halogens is 1. The van der Waals surface area contributed by atoms with Gasteiger partial charge in [0.15, 0.2) is 5.82 Å². The average molecular weight is 471 g/mol. The van der Waals surface area contributed by atoms with Crippen LogP contribution in [-0.4, -0.2) is 63.1 Å². The lowest BCUT2D eigenvalue weighted by Crippen LogP contribution is -2.53. The van der Waals surface area contributed by atoms with Gasteiger partial charge in [-0.1, -0.05) is 0 Å². The van der Waals surface area contributed by atoms with Gasteiger partial charge in [0.2, 0.25) is 0 Å². The van der Waals surface area contributed by atoms with Crippen LogP contribution in [0, 0.1) is 5.82 Å². The zero-order valence-electron chi connectivity index (χ0n) is 16.9. The zero-order valence-corrected chi connectivity index (χ0v) is 18.5. The van der Waals surface area contributed by atoms with E-state index in [0.717, 1.165) is 14.3 Å². The maximum atomic E-state index is 13.1. The van der Waals surface area contributed by atoms with Crippen molar-refractivity contribution in [3.8, 4) is 11.4 Å². The van der Waals surface area contributed by atoms with E-state index in [-0.39, 0.29) is 24.3 Å². The van der Waals surface area contributed by atoms with Crippen molar-refractivity contribution in [2.75, 3.05) is 26.2 Å². The molecule has 164 valence electrons. The third kappa shape index (κ3) is 4.21. The van der Waals surface area contributed by atoms with Crippen LogP contribution in [-0.2, 0) is 6.54 Å². The monoisotopic (exact) mass is 470 g/mol. The Balaban J connectivity index is 1.12. The topological polar surface area (TPSA) is 94.2 Å². The molecule has 8 nitrogen and oxygen atoms in total. The Kier molecular flexibility index (Phi) is 5.58. The maximum Gasteiger partial charge on any atom is 0.317 e. The molecule has 0 aliphatic carbocycles. The summed E-state index contributed by atoms with van der Waals surface area (Å²) in [7, 11) is 0. The summed E-state index contributed by atoms with van der Waals surface area (Å²) < 4.78 is 15.3. The highest BCUT2D eigenvalue weighted by molar-refractivity contribution is 7.27. The van der Waals surface area contributed by atoms with Crippen LogP contribution in [0.15, 0.2) is 41.8 Å². The van der Waals surface area contributed by atoms with Gasteiger partial charge in [-0.15, -0.1) is 22.7 Å². The number of amides is 3. The predicted molar refractivity (Wildman–Crippen MR) is 121 cm³/mol. The number of benzene rings is 1. The quantitative estimate of drug-likeness (QED) is 0.477. The standard InChI is InChI=1S/C21H19FN6O2S2/c22-14-3-1-13(2-4-14)19-24-18(25-26-19)12-23-21(30)28-8-6-27(7-9-28)20(29)17-11-16-15(32-17)5-10-31-16/h1-5,10-11H,6-9,12H2,(H,23,30)(H,24,25,26). The number of urea groups is 1. The third-order valence-electron chi connectivity index (χ3n) is 5.25. The first kappa shape index (κ1) is 20.6. The third-order valence-corrected chi connectivity index (χ3v) is 7.33. The molecule has 0 unspecified atom stereocenters. The molecule has 1 aromatic carbocycles. The number of nitrogens with zero attached hydrogens (tertiary/aromatic N) is 4. The molecule has 1 fully saturated rings. The number of carbonyl (C=O) groups is 2. The first-order valence-electron chi connectivity index (χ1n) is 10.0. The first-order chi connectivity index (χ1) is 15.6. The average Bonchev–Trinajstić information content (AvgIpc) is 3.54. The number of piperazine rings is 1. The Bertz CT molecular complexity index is 1230. The van der Waals surface area contributed by atoms with E-state index in [1.807, 2.05) is 17.5 Å². The Morgan fingerprint density at radius 2 is 1.81 bits per heavy atom. The second-order valence-electron chi connectivity index (χ2n) is 7.31. The molecule has 32 heavy (non-hydrogen) atoms. The molecule has 1 saturated heterocycles. The van der Waals surface area contributed by atoms with Crippen molar-refractivity contribution in [1.29, 1.82) is 0 Å². The van der Waals surface area contributed by atoms with E-state index < -0.39 is 0 Å². The molecule has 2 N–H and O–H groups in total. The van der Waals surface area contributed by atoms with Crippen molar-refractivity contribution in [2.45, 2.75) is 6.54 Å². The molecule has 0 atom stereocenters. The summed E-state index contributed by atoms with van der Waals surface area (Å²) in [4.78, 5) is 33.9. The molecule has 0 saturated carbocycles. The van der Waals surface area contributed by atoms with Gasteiger partial charge in [-0.25, -0.2) is 14.2 Å². The number of rotatable bonds is 4. The second kappa shape index (κ2) is 8.67. The van der Waals surface area contributed by atoms with Crippen LogP contribution in [0.3, 0.4) is 0 Å². The highest BCUT2D eigenvalue weighted by atomic mass is 32.1. The molecule has 3 aromatic heterocycles. The molecule has 11 heteroatoms. The maximum absolute atomic E-state index is 13.1. The largest absolute Gasteiger partial charge is 0.334 e. The number of H-pyrrole nitrogens is 1. The SMILES string of the molecule is O=C(NCc1nc(-c2ccc(F)cc2)n[nH]1)N1CCN(C(=O)c2cc3sccc3s2)CC1. The molecule has 3 amide bonds. The van der Waals surface area contributed by atoms with Crippen molar-refractivity contribution < 1.29 is 14.0 Å². The molecule has 5 rings (SSSR count). The van der Waals surface area contributed by atoms with E-state index in [1.165, 1.54) is 23.5 Å². The van der Waals surface area contributed by atoms with Crippen LogP contribution in [0.5, 0.6) is 0 Å². The highest BCUT2D eigenvalue weighted by Gasteiger charge is 2.26. The Morgan fingerprint density at radius 3 is 2.56 bits per heavy atom. The normalized spacial score (nSPS) is 14.2. The van der Waals surface area contributed by atoms with Gasteiger partial charge in [-0.3, -0.25) is 9.89 Å². The van der Waals surface area contributed by atoms with Gasteiger partial charge in [0.25, 0.3) is 5.91 Å². The number of aromatic nitrogens is 3. The fraction of sp³-hybridized carbons (Fsp3) is 0.238. The Morgan fingerprint density at radius 1 is 1.06 bits per heavy atom. The molecule has 1 aliphatic rings. The van der Waals surface area contributed by atoms with Crippen LogP contribution in [0.4, 0.5) is 9.18 Å². The van der Waals surface area contributed by atoms with E-state index in [4.69, 9.17) is 0 Å². The first-order valence-corrected chi connectivity index (χ1v) is 11.7. The van der Waals surface area contributed by atoms with Crippen molar-refractivity contribution in [1.82, 2.24) is 30.3 Å². The fourth-order valence-corrected chi connectivity index (χ4v) is 5.59. The fourth-order valence-electron chi connectivity index (χ4n) is 3.51. The van der Waals surface area contributed by atoms with Crippen LogP contribution in [0.25, 0.3) is 20.8 Å². The van der Waals surface area contributed by atoms with E-state index in [0.29, 0.717) is 43.4 Å². The minimum Gasteiger partial charge on any atom is -0.334 e. The molecule has 0 radical (unpaired) electrons. The van der Waals surface area contributed by atoms with Gasteiger partial charge >= 0.3 is 6.03 Å². The molecule has 1 aliphatic heterocycles. The van der Waals surface area contributed by atoms with Gasteiger partial charge in [0, 0.05) is 41.1 Å². The lowest BCUT2D eigenvalue weighted by Gasteiger charge is -2.34. The summed E-state index contributed by atoms with van der Waals surface area (Å²) in [6, 6.07) is 9.65. The zero-order chi connectivity index (χ0) is 22.1. The van der Waals surface area contributed by atoms with Crippen LogP contribution >= 0.6 is 22.7 Å². The van der Waals surface area contributed by atoms with Gasteiger partial charge in [0.1, 0.15) is 11.6 Å². The highest BCUT2D eigenvalue weighted by Crippen LogP contribution is 2.30. The summed E-state index contributed by atoms with van der Waals surface area (Å²) in [6.07, 6.45) is 0. The summed E-state index contributed by atoms with van der Waals surface area (Å²) in [5.41, 5.74) is 0.687. The van der Waals surface area contributed by atoms with E-state index in [2.05, 4.69) is 20.5 Å².